The normalized spacial score (nSPS) is 11.7. The van der Waals surface area contributed by atoms with Crippen LogP contribution >= 0.6 is 0 Å². The highest BCUT2D eigenvalue weighted by molar-refractivity contribution is 4.99. The van der Waals surface area contributed by atoms with Crippen molar-refractivity contribution in [3.63, 3.8) is 0 Å². The van der Waals surface area contributed by atoms with Gasteiger partial charge in [-0.1, -0.05) is 37.1 Å². The summed E-state index contributed by atoms with van der Waals surface area (Å²) in [5.74, 6) is 0. The molecule has 0 spiro atoms. The van der Waals surface area contributed by atoms with Crippen molar-refractivity contribution in [3.05, 3.63) is 23.8 Å². The van der Waals surface area contributed by atoms with E-state index in [9.17, 15) is 0 Å². The highest BCUT2D eigenvalue weighted by Gasteiger charge is 1.87. The quantitative estimate of drug-likeness (QED) is 0.523. The summed E-state index contributed by atoms with van der Waals surface area (Å²) >= 11 is 0. The third-order valence-electron chi connectivity index (χ3n) is 1.68. The van der Waals surface area contributed by atoms with Gasteiger partial charge in [-0.05, 0) is 33.1 Å². The Morgan fingerprint density at radius 1 is 1.27 bits per heavy atom. The fourth-order valence-corrected chi connectivity index (χ4v) is 1.04. The van der Waals surface area contributed by atoms with E-state index in [-0.39, 0.29) is 0 Å². The number of allylic oxidation sites excluding steroid dienone is 3. The van der Waals surface area contributed by atoms with Gasteiger partial charge in [-0.15, -0.1) is 0 Å². The van der Waals surface area contributed by atoms with E-state index in [4.69, 9.17) is 6.58 Å². The minimum absolute atomic E-state index is 1.03. The Morgan fingerprint density at radius 3 is 2.36 bits per heavy atom. The van der Waals surface area contributed by atoms with Gasteiger partial charge in [-0.25, -0.2) is 0 Å². The van der Waals surface area contributed by atoms with Crippen LogP contribution in [0.2, 0.25) is 0 Å². The van der Waals surface area contributed by atoms with Crippen LogP contribution in [0.5, 0.6) is 0 Å². The van der Waals surface area contributed by atoms with Gasteiger partial charge in [0.15, 0.2) is 0 Å². The molecular formula is C11H19. The summed E-state index contributed by atoms with van der Waals surface area (Å²) in [6.45, 7) is 11.9. The number of hydrogen-bond donors (Lipinski definition) is 0. The van der Waals surface area contributed by atoms with Gasteiger partial charge in [-0.3, -0.25) is 0 Å². The van der Waals surface area contributed by atoms with E-state index in [2.05, 4.69) is 19.9 Å². The molecule has 0 aliphatic rings. The fourth-order valence-electron chi connectivity index (χ4n) is 1.04. The lowest BCUT2D eigenvalue weighted by Crippen LogP contribution is -1.77. The van der Waals surface area contributed by atoms with Crippen LogP contribution in [0.1, 0.15) is 46.5 Å². The molecule has 0 bridgehead atoms. The van der Waals surface area contributed by atoms with Gasteiger partial charge in [0, 0.05) is 0 Å². The molecule has 0 N–H and O–H groups in total. The molecule has 0 amide bonds. The molecule has 0 saturated carbocycles. The Kier molecular flexibility index (Phi) is 5.91. The van der Waals surface area contributed by atoms with E-state index in [0.717, 1.165) is 18.4 Å². The smallest absolute Gasteiger partial charge is 0.0285 e. The molecule has 1 radical (unpaired) electrons. The molecule has 0 aliphatic heterocycles. The monoisotopic (exact) mass is 151 g/mol. The van der Waals surface area contributed by atoms with E-state index in [1.807, 2.05) is 6.92 Å². The molecule has 0 unspecified atom stereocenters. The van der Waals surface area contributed by atoms with Gasteiger partial charge in [0.1, 0.15) is 0 Å². The van der Waals surface area contributed by atoms with Crippen LogP contribution < -0.4 is 0 Å². The predicted molar refractivity (Wildman–Crippen MR) is 51.4 cm³/mol. The number of rotatable bonds is 5. The van der Waals surface area contributed by atoms with Gasteiger partial charge in [0.05, 0.1) is 0 Å². The maximum absolute atomic E-state index is 5.54. The molecule has 0 rings (SSSR count). The Morgan fingerprint density at radius 2 is 1.91 bits per heavy atom. The minimum atomic E-state index is 1.03. The van der Waals surface area contributed by atoms with Crippen LogP contribution in [0.4, 0.5) is 0 Å². The van der Waals surface area contributed by atoms with Gasteiger partial charge < -0.3 is 0 Å². The first kappa shape index (κ1) is 10.5. The molecule has 0 saturated heterocycles. The Balaban J connectivity index is 3.47. The summed E-state index contributed by atoms with van der Waals surface area (Å²) in [5.41, 5.74) is 2.53. The molecule has 0 fully saturated rings. The Hall–Kier alpha value is -0.520. The van der Waals surface area contributed by atoms with Crippen molar-refractivity contribution >= 4 is 0 Å². The number of hydrogen-bond acceptors (Lipinski definition) is 0. The molecule has 0 atom stereocenters. The Bertz CT molecular complexity index is 140. The van der Waals surface area contributed by atoms with E-state index in [0.29, 0.717) is 0 Å². The van der Waals surface area contributed by atoms with E-state index in [1.165, 1.54) is 18.4 Å². The van der Waals surface area contributed by atoms with Crippen molar-refractivity contribution in [2.75, 3.05) is 0 Å². The molecule has 0 heterocycles. The molecule has 0 aromatic heterocycles. The van der Waals surface area contributed by atoms with Crippen molar-refractivity contribution in [3.8, 4) is 0 Å². The van der Waals surface area contributed by atoms with Crippen LogP contribution in [0.25, 0.3) is 0 Å². The van der Waals surface area contributed by atoms with Crippen LogP contribution in [-0.2, 0) is 0 Å². The average Bonchev–Trinajstić information content (AvgIpc) is 1.87. The maximum atomic E-state index is 5.54. The van der Waals surface area contributed by atoms with E-state index >= 15 is 0 Å². The Labute approximate surface area is 71.0 Å². The van der Waals surface area contributed by atoms with Crippen molar-refractivity contribution in [1.29, 1.82) is 0 Å². The first-order chi connectivity index (χ1) is 5.16. The molecule has 0 aliphatic carbocycles. The maximum Gasteiger partial charge on any atom is -0.0285 e. The summed E-state index contributed by atoms with van der Waals surface area (Å²) in [6.07, 6.45) is 6.90. The SMILES string of the molecule is [CH]=C(C)CC/C=C(\C)CCC. The van der Waals surface area contributed by atoms with Crippen molar-refractivity contribution < 1.29 is 0 Å². The van der Waals surface area contributed by atoms with Crippen molar-refractivity contribution in [2.45, 2.75) is 46.5 Å². The van der Waals surface area contributed by atoms with Gasteiger partial charge >= 0.3 is 0 Å². The van der Waals surface area contributed by atoms with Crippen LogP contribution in [0.3, 0.4) is 0 Å². The highest BCUT2D eigenvalue weighted by atomic mass is 13.9. The third kappa shape index (κ3) is 7.38. The largest absolute Gasteiger partial charge is 0.0853 e. The molecule has 63 valence electrons. The summed E-state index contributed by atoms with van der Waals surface area (Å²) in [4.78, 5) is 0. The zero-order valence-electron chi connectivity index (χ0n) is 7.98. The second-order valence-corrected chi connectivity index (χ2v) is 3.19. The zero-order valence-corrected chi connectivity index (χ0v) is 7.98. The molecule has 11 heavy (non-hydrogen) atoms. The third-order valence-corrected chi connectivity index (χ3v) is 1.68. The average molecular weight is 151 g/mol. The summed E-state index contributed by atoms with van der Waals surface area (Å²) in [5, 5.41) is 0. The topological polar surface area (TPSA) is 0 Å². The van der Waals surface area contributed by atoms with Crippen molar-refractivity contribution in [2.24, 2.45) is 0 Å². The summed E-state index contributed by atoms with van der Waals surface area (Å²) < 4.78 is 0. The second kappa shape index (κ2) is 6.21. The first-order valence-electron chi connectivity index (χ1n) is 4.40. The first-order valence-corrected chi connectivity index (χ1v) is 4.40. The van der Waals surface area contributed by atoms with Gasteiger partial charge in [0.25, 0.3) is 0 Å². The molecule has 0 heteroatoms. The molecular weight excluding hydrogens is 132 g/mol. The van der Waals surface area contributed by atoms with E-state index < -0.39 is 0 Å². The summed E-state index contributed by atoms with van der Waals surface area (Å²) in [6, 6.07) is 0. The standard InChI is InChI=1S/C11H19/c1-5-7-11(4)9-6-8-10(2)3/h2,9H,5-8H2,1,3-4H3/b10-2?,11-9+. The predicted octanol–water partition coefficient (Wildman–Crippen LogP) is 3.89. The zero-order chi connectivity index (χ0) is 8.69. The van der Waals surface area contributed by atoms with Gasteiger partial charge in [0.2, 0.25) is 0 Å². The van der Waals surface area contributed by atoms with Gasteiger partial charge in [-0.2, -0.15) is 0 Å². The molecule has 0 aromatic carbocycles. The molecule has 0 nitrogen and oxygen atoms in total. The van der Waals surface area contributed by atoms with Crippen LogP contribution in [0.15, 0.2) is 17.2 Å². The lowest BCUT2D eigenvalue weighted by Gasteiger charge is -1.97. The second-order valence-electron chi connectivity index (χ2n) is 3.19. The lowest BCUT2D eigenvalue weighted by molar-refractivity contribution is 0.881. The van der Waals surface area contributed by atoms with Crippen LogP contribution in [0, 0.1) is 6.58 Å². The van der Waals surface area contributed by atoms with Crippen molar-refractivity contribution in [1.82, 2.24) is 0 Å². The van der Waals surface area contributed by atoms with Crippen LogP contribution in [-0.4, -0.2) is 0 Å². The highest BCUT2D eigenvalue weighted by Crippen LogP contribution is 2.07. The summed E-state index contributed by atoms with van der Waals surface area (Å²) in [7, 11) is 0. The lowest BCUT2D eigenvalue weighted by atomic mass is 10.1. The minimum Gasteiger partial charge on any atom is -0.0853 e. The van der Waals surface area contributed by atoms with E-state index in [1.54, 1.807) is 0 Å². The fraction of sp³-hybridized carbons (Fsp3) is 0.636. The molecule has 0 aromatic rings.